The maximum absolute atomic E-state index is 13.9. The molecule has 6 N–H and O–H groups in total. The summed E-state index contributed by atoms with van der Waals surface area (Å²) in [5, 5.41) is 24.7. The smallest absolute Gasteiger partial charge is 0.343 e. The number of carbonyl (C=O) groups excluding carboxylic acids is 9. The number of ketones is 1. The second-order valence-corrected chi connectivity index (χ2v) is 17.9. The number of imide groups is 1. The number of esters is 1. The van der Waals surface area contributed by atoms with Crippen LogP contribution in [0.5, 0.6) is 11.5 Å². The molecule has 0 saturated carbocycles. The largest absolute Gasteiger partial charge is 0.458 e. The van der Waals surface area contributed by atoms with Gasteiger partial charge in [0.1, 0.15) is 31.8 Å². The highest BCUT2D eigenvalue weighted by Crippen LogP contribution is 2.43. The van der Waals surface area contributed by atoms with E-state index in [0.29, 0.717) is 69.7 Å². The van der Waals surface area contributed by atoms with Crippen molar-refractivity contribution in [1.82, 2.24) is 41.0 Å². The Balaban J connectivity index is 0.787. The van der Waals surface area contributed by atoms with Gasteiger partial charge in [-0.25, -0.2) is 9.78 Å². The van der Waals surface area contributed by atoms with E-state index < -0.39 is 79.1 Å². The first-order valence-electron chi connectivity index (χ1n) is 24.1. The molecule has 7 amide bonds. The summed E-state index contributed by atoms with van der Waals surface area (Å²) in [6.07, 6.45) is 4.17. The minimum absolute atomic E-state index is 0.00238. The molecule has 4 aliphatic heterocycles. The number of Topliss-reactive ketones (excluding diaryl/α,β-unsaturated/α-hetero) is 1. The first-order valence-corrected chi connectivity index (χ1v) is 24.1. The van der Waals surface area contributed by atoms with Crippen molar-refractivity contribution >= 4 is 64.0 Å². The second kappa shape index (κ2) is 23.1. The lowest BCUT2D eigenvalue weighted by Gasteiger charge is -2.31. The van der Waals surface area contributed by atoms with Crippen molar-refractivity contribution in [3.05, 3.63) is 98.9 Å². The summed E-state index contributed by atoms with van der Waals surface area (Å²) in [5.41, 5.74) is 1.04. The number of nitrogens with zero attached hydrogens (tertiary/aromatic N) is 3. The summed E-state index contributed by atoms with van der Waals surface area (Å²) in [6.45, 7) is -0.269. The average Bonchev–Trinajstić information content (AvgIpc) is 4.11. The van der Waals surface area contributed by atoms with Crippen molar-refractivity contribution in [3.63, 3.8) is 0 Å². The second-order valence-electron chi connectivity index (χ2n) is 17.9. The summed E-state index contributed by atoms with van der Waals surface area (Å²) in [4.78, 5) is 133. The molecule has 74 heavy (non-hydrogen) atoms. The third-order valence-electron chi connectivity index (χ3n) is 13.0. The molecule has 2 atom stereocenters. The number of ether oxygens (including phenoxy) is 4. The van der Waals surface area contributed by atoms with E-state index in [0.717, 1.165) is 4.90 Å². The van der Waals surface area contributed by atoms with Gasteiger partial charge >= 0.3 is 5.97 Å². The number of hydrogen-bond donors (Lipinski definition) is 6. The zero-order valence-corrected chi connectivity index (χ0v) is 40.4. The number of rotatable bonds is 24. The van der Waals surface area contributed by atoms with E-state index in [9.17, 15) is 53.1 Å². The van der Waals surface area contributed by atoms with Crippen LogP contribution in [0.4, 0.5) is 0 Å². The zero-order valence-electron chi connectivity index (χ0n) is 40.4. The highest BCUT2D eigenvalue weighted by Gasteiger charge is 2.45. The van der Waals surface area contributed by atoms with Gasteiger partial charge in [0.05, 0.1) is 42.1 Å². The Kier molecular flexibility index (Phi) is 16.2. The topological polar surface area (TPSA) is 309 Å². The maximum atomic E-state index is 13.9. The van der Waals surface area contributed by atoms with Crippen LogP contribution in [0.3, 0.4) is 0 Å². The van der Waals surface area contributed by atoms with E-state index in [-0.39, 0.29) is 93.9 Å². The fourth-order valence-corrected chi connectivity index (χ4v) is 8.99. The Morgan fingerprint density at radius 2 is 1.54 bits per heavy atom. The van der Waals surface area contributed by atoms with Gasteiger partial charge < -0.3 is 55.2 Å². The molecule has 0 fully saturated rings. The van der Waals surface area contributed by atoms with E-state index in [1.165, 1.54) is 16.7 Å². The molecule has 0 saturated heterocycles. The van der Waals surface area contributed by atoms with Gasteiger partial charge in [-0.05, 0) is 42.5 Å². The standard InChI is InChI=1S/C51H54N8O15/c1-2-51(70)35-19-38-47-33(24-59(38)49(68)34(35)25-72-50(51)69)32(31-18-39-40(74-28-73-39)20-36(31)57-47)21-52-44(64)26-71-27-55-42(62)22-54-48(67)37(17-29-9-5-3-6-10-29)56-43(63)23-53-41(61)13-12-30(60)11-7-4-8-16-58-45(65)14-15-46(58)66/h3,5-6,9-10,14-15,18-20,37,70H,2,4,7-8,11-13,16-17,21-28H2,1H3,(H,52,64)(H,53,61)(H,54,67)(H,55,62)(H,56,63)/t37-,51-/m0/s1. The van der Waals surface area contributed by atoms with Gasteiger partial charge in [0, 0.05) is 73.5 Å². The number of pyridine rings is 2. The van der Waals surface area contributed by atoms with E-state index >= 15 is 0 Å². The quantitative estimate of drug-likeness (QED) is 0.0210. The van der Waals surface area contributed by atoms with Crippen molar-refractivity contribution in [3.8, 4) is 22.9 Å². The molecule has 2 aromatic heterocycles. The summed E-state index contributed by atoms with van der Waals surface area (Å²) in [5.74, 6) is -3.94. The molecule has 2 aromatic carbocycles. The first kappa shape index (κ1) is 52.0. The minimum atomic E-state index is -2.02. The SMILES string of the molecule is CC[C@@]1(O)C(=O)OCc2c1cc1n(c2=O)Cc2c-1nc1cc3c(cc1c2CNC(=O)COCNC(=O)CNC(=O)[C@H](Cc1ccccc1)NC(=O)CNC(=O)CCC(=O)CCCCCN1C(=O)C=CC1=O)OCO3. The van der Waals surface area contributed by atoms with Gasteiger partial charge in [-0.15, -0.1) is 0 Å². The van der Waals surface area contributed by atoms with Gasteiger partial charge in [-0.3, -0.25) is 48.1 Å². The molecular weight excluding hydrogens is 965 g/mol. The van der Waals surface area contributed by atoms with Crippen LogP contribution in [0, 0.1) is 0 Å². The number of hydrogen-bond acceptors (Lipinski definition) is 16. The summed E-state index contributed by atoms with van der Waals surface area (Å²) in [6, 6.07) is 12.7. The van der Waals surface area contributed by atoms with Crippen LogP contribution in [-0.2, 0) is 84.3 Å². The van der Waals surface area contributed by atoms with Crippen LogP contribution in [0.15, 0.2) is 65.5 Å². The lowest BCUT2D eigenvalue weighted by Crippen LogP contribution is -2.52. The number of amides is 7. The number of fused-ring (bicyclic) bond motifs is 6. The summed E-state index contributed by atoms with van der Waals surface area (Å²) >= 11 is 0. The first-order chi connectivity index (χ1) is 35.6. The van der Waals surface area contributed by atoms with E-state index in [1.54, 1.807) is 55.5 Å². The summed E-state index contributed by atoms with van der Waals surface area (Å²) < 4.78 is 23.3. The Morgan fingerprint density at radius 3 is 2.30 bits per heavy atom. The molecule has 0 bridgehead atoms. The van der Waals surface area contributed by atoms with Crippen LogP contribution in [0.25, 0.3) is 22.3 Å². The number of benzene rings is 2. The Hall–Kier alpha value is -8.31. The van der Waals surface area contributed by atoms with Crippen LogP contribution in [0.1, 0.15) is 79.7 Å². The number of aromatic nitrogens is 2. The van der Waals surface area contributed by atoms with Crippen molar-refractivity contribution in [1.29, 1.82) is 0 Å². The van der Waals surface area contributed by atoms with Crippen molar-refractivity contribution in [2.45, 2.75) is 89.6 Å². The van der Waals surface area contributed by atoms with Gasteiger partial charge in [0.2, 0.25) is 36.3 Å². The predicted molar refractivity (Wildman–Crippen MR) is 258 cm³/mol. The fourth-order valence-electron chi connectivity index (χ4n) is 8.99. The molecule has 23 heteroatoms. The number of carbonyl (C=O) groups is 9. The molecule has 388 valence electrons. The van der Waals surface area contributed by atoms with Crippen LogP contribution < -0.4 is 41.6 Å². The maximum Gasteiger partial charge on any atom is 0.343 e. The monoisotopic (exact) mass is 1020 g/mol. The number of nitrogens with one attached hydrogen (secondary N) is 5. The molecule has 8 rings (SSSR count). The van der Waals surface area contributed by atoms with Crippen LogP contribution in [0.2, 0.25) is 0 Å². The van der Waals surface area contributed by atoms with Crippen molar-refractivity contribution in [2.75, 3.05) is 39.8 Å². The van der Waals surface area contributed by atoms with E-state index in [1.807, 2.05) is 0 Å². The predicted octanol–water partition coefficient (Wildman–Crippen LogP) is 0.309. The van der Waals surface area contributed by atoms with Crippen LogP contribution >= 0.6 is 0 Å². The highest BCUT2D eigenvalue weighted by molar-refractivity contribution is 6.12. The molecule has 4 aromatic rings. The average molecular weight is 1020 g/mol. The number of cyclic esters (lactones) is 1. The molecule has 0 unspecified atom stereocenters. The molecule has 4 aliphatic rings. The highest BCUT2D eigenvalue weighted by atomic mass is 16.7. The molecular formula is C51H54N8O15. The number of unbranched alkanes of at least 4 members (excludes halogenated alkanes) is 2. The molecule has 23 nitrogen and oxygen atoms in total. The fraction of sp³-hybridized carbons (Fsp3) is 0.392. The van der Waals surface area contributed by atoms with Crippen molar-refractivity contribution < 1.29 is 67.2 Å². The van der Waals surface area contributed by atoms with Gasteiger partial charge in [-0.2, -0.15) is 0 Å². The molecule has 0 aliphatic carbocycles. The normalized spacial score (nSPS) is 16.2. The number of aliphatic hydroxyl groups is 1. The molecule has 0 radical (unpaired) electrons. The molecule has 6 heterocycles. The lowest BCUT2D eigenvalue weighted by molar-refractivity contribution is -0.172. The van der Waals surface area contributed by atoms with Gasteiger partial charge in [0.15, 0.2) is 17.1 Å². The van der Waals surface area contributed by atoms with Crippen LogP contribution in [-0.4, -0.2) is 118 Å². The van der Waals surface area contributed by atoms with E-state index in [4.69, 9.17) is 23.9 Å². The van der Waals surface area contributed by atoms with E-state index in [2.05, 4.69) is 26.6 Å². The van der Waals surface area contributed by atoms with Gasteiger partial charge in [0.25, 0.3) is 17.4 Å². The summed E-state index contributed by atoms with van der Waals surface area (Å²) in [7, 11) is 0. The van der Waals surface area contributed by atoms with Gasteiger partial charge in [-0.1, -0.05) is 43.7 Å². The Morgan fingerprint density at radius 1 is 0.797 bits per heavy atom. The Labute approximate surface area is 422 Å². The lowest BCUT2D eigenvalue weighted by atomic mass is 9.86. The van der Waals surface area contributed by atoms with Crippen molar-refractivity contribution in [2.24, 2.45) is 0 Å². The minimum Gasteiger partial charge on any atom is -0.458 e. The molecule has 0 spiro atoms. The third-order valence-corrected chi connectivity index (χ3v) is 13.0. The third kappa shape index (κ3) is 11.8. The Bertz CT molecular complexity index is 3010. The zero-order chi connectivity index (χ0) is 52.5.